The summed E-state index contributed by atoms with van der Waals surface area (Å²) in [6.07, 6.45) is 0.367. The van der Waals surface area contributed by atoms with E-state index in [0.29, 0.717) is 22.4 Å². The van der Waals surface area contributed by atoms with Crippen LogP contribution in [0.4, 0.5) is 4.39 Å². The first-order chi connectivity index (χ1) is 8.56. The molecule has 0 aliphatic heterocycles. The van der Waals surface area contributed by atoms with Gasteiger partial charge in [-0.25, -0.2) is 4.39 Å². The SMILES string of the molecule is O=C(O)CCc1ccc(-c2ccc(F)cc2Br)o1. The summed E-state index contributed by atoms with van der Waals surface area (Å²) in [5.74, 6) is -0.00918. The Labute approximate surface area is 111 Å². The number of furan rings is 1. The van der Waals surface area contributed by atoms with E-state index in [2.05, 4.69) is 15.9 Å². The normalized spacial score (nSPS) is 10.6. The van der Waals surface area contributed by atoms with Crippen LogP contribution in [0.5, 0.6) is 0 Å². The van der Waals surface area contributed by atoms with E-state index in [-0.39, 0.29) is 12.2 Å². The lowest BCUT2D eigenvalue weighted by atomic mass is 10.2. The average molecular weight is 313 g/mol. The summed E-state index contributed by atoms with van der Waals surface area (Å²) in [6, 6.07) is 7.79. The molecule has 0 bridgehead atoms. The summed E-state index contributed by atoms with van der Waals surface area (Å²) in [5, 5.41) is 8.58. The molecule has 5 heteroatoms. The maximum absolute atomic E-state index is 13.0. The third-order valence-corrected chi connectivity index (χ3v) is 3.10. The molecule has 0 fully saturated rings. The zero-order valence-corrected chi connectivity index (χ0v) is 10.9. The Morgan fingerprint density at radius 2 is 2.11 bits per heavy atom. The summed E-state index contributed by atoms with van der Waals surface area (Å²) < 4.78 is 19.1. The lowest BCUT2D eigenvalue weighted by Gasteiger charge is -2.01. The van der Waals surface area contributed by atoms with Gasteiger partial charge < -0.3 is 9.52 Å². The number of benzene rings is 1. The number of hydrogen-bond donors (Lipinski definition) is 1. The van der Waals surface area contributed by atoms with Gasteiger partial charge in [0, 0.05) is 16.5 Å². The van der Waals surface area contributed by atoms with Crippen molar-refractivity contribution in [3.8, 4) is 11.3 Å². The Kier molecular flexibility index (Phi) is 3.81. The fourth-order valence-electron chi connectivity index (χ4n) is 1.58. The van der Waals surface area contributed by atoms with Gasteiger partial charge >= 0.3 is 5.97 Å². The molecule has 0 aliphatic carbocycles. The lowest BCUT2D eigenvalue weighted by Crippen LogP contribution is -1.96. The summed E-state index contributed by atoms with van der Waals surface area (Å²) in [6.45, 7) is 0. The van der Waals surface area contributed by atoms with Gasteiger partial charge in [-0.3, -0.25) is 4.79 Å². The summed E-state index contributed by atoms with van der Waals surface area (Å²) >= 11 is 3.26. The Morgan fingerprint density at radius 3 is 2.78 bits per heavy atom. The first-order valence-electron chi connectivity index (χ1n) is 5.32. The quantitative estimate of drug-likeness (QED) is 0.932. The molecule has 0 saturated heterocycles. The number of aliphatic carboxylic acids is 1. The second kappa shape index (κ2) is 5.35. The molecular formula is C13H10BrFO3. The number of hydrogen-bond acceptors (Lipinski definition) is 2. The van der Waals surface area contributed by atoms with Crippen molar-refractivity contribution < 1.29 is 18.7 Å². The third kappa shape index (κ3) is 2.98. The minimum absolute atomic E-state index is 0.0253. The highest BCUT2D eigenvalue weighted by molar-refractivity contribution is 9.10. The van der Waals surface area contributed by atoms with Crippen LogP contribution < -0.4 is 0 Å². The molecular weight excluding hydrogens is 303 g/mol. The molecule has 0 atom stereocenters. The maximum atomic E-state index is 13.0. The molecule has 0 amide bonds. The highest BCUT2D eigenvalue weighted by Crippen LogP contribution is 2.30. The van der Waals surface area contributed by atoms with Crippen molar-refractivity contribution in [3.05, 3.63) is 46.4 Å². The van der Waals surface area contributed by atoms with Crippen LogP contribution in [-0.4, -0.2) is 11.1 Å². The van der Waals surface area contributed by atoms with Crippen LogP contribution in [0, 0.1) is 5.82 Å². The van der Waals surface area contributed by atoms with Crippen molar-refractivity contribution in [2.24, 2.45) is 0 Å². The van der Waals surface area contributed by atoms with Crippen molar-refractivity contribution >= 4 is 21.9 Å². The van der Waals surface area contributed by atoms with Gasteiger partial charge in [0.2, 0.25) is 0 Å². The number of carbonyl (C=O) groups is 1. The van der Waals surface area contributed by atoms with Gasteiger partial charge in [-0.2, -0.15) is 0 Å². The van der Waals surface area contributed by atoms with Crippen LogP contribution in [0.3, 0.4) is 0 Å². The van der Waals surface area contributed by atoms with Crippen molar-refractivity contribution in [1.82, 2.24) is 0 Å². The van der Waals surface area contributed by atoms with Crippen molar-refractivity contribution in [3.63, 3.8) is 0 Å². The van der Waals surface area contributed by atoms with Crippen LogP contribution in [0.1, 0.15) is 12.2 Å². The minimum Gasteiger partial charge on any atom is -0.481 e. The monoisotopic (exact) mass is 312 g/mol. The smallest absolute Gasteiger partial charge is 0.303 e. The molecule has 0 saturated carbocycles. The van der Waals surface area contributed by atoms with E-state index in [0.717, 1.165) is 5.56 Å². The van der Waals surface area contributed by atoms with Gasteiger partial charge in [-0.15, -0.1) is 0 Å². The highest BCUT2D eigenvalue weighted by Gasteiger charge is 2.10. The second-order valence-electron chi connectivity index (χ2n) is 3.78. The highest BCUT2D eigenvalue weighted by atomic mass is 79.9. The Hall–Kier alpha value is -1.62. The molecule has 1 aromatic heterocycles. The zero-order valence-electron chi connectivity index (χ0n) is 9.32. The van der Waals surface area contributed by atoms with E-state index < -0.39 is 5.97 Å². The van der Waals surface area contributed by atoms with Gasteiger partial charge in [-0.05, 0) is 46.3 Å². The van der Waals surface area contributed by atoms with E-state index in [1.165, 1.54) is 12.1 Å². The Bertz CT molecular complexity index is 577. The molecule has 3 nitrogen and oxygen atoms in total. The maximum Gasteiger partial charge on any atom is 0.303 e. The molecule has 94 valence electrons. The molecule has 2 rings (SSSR count). The van der Waals surface area contributed by atoms with Crippen LogP contribution in [0.15, 0.2) is 39.2 Å². The zero-order chi connectivity index (χ0) is 13.1. The van der Waals surface area contributed by atoms with E-state index in [1.54, 1.807) is 18.2 Å². The fourth-order valence-corrected chi connectivity index (χ4v) is 2.12. The van der Waals surface area contributed by atoms with Gasteiger partial charge in [0.15, 0.2) is 0 Å². The minimum atomic E-state index is -0.865. The molecule has 18 heavy (non-hydrogen) atoms. The van der Waals surface area contributed by atoms with E-state index in [4.69, 9.17) is 9.52 Å². The Morgan fingerprint density at radius 1 is 1.33 bits per heavy atom. The van der Waals surface area contributed by atoms with Crippen LogP contribution in [-0.2, 0) is 11.2 Å². The predicted molar refractivity (Wildman–Crippen MR) is 67.8 cm³/mol. The van der Waals surface area contributed by atoms with E-state index >= 15 is 0 Å². The van der Waals surface area contributed by atoms with Crippen LogP contribution in [0.25, 0.3) is 11.3 Å². The first kappa shape index (κ1) is 12.8. The van der Waals surface area contributed by atoms with Crippen LogP contribution in [0.2, 0.25) is 0 Å². The molecule has 0 unspecified atom stereocenters. The summed E-state index contributed by atoms with van der Waals surface area (Å²) in [7, 11) is 0. The Balaban J connectivity index is 2.21. The largest absolute Gasteiger partial charge is 0.481 e. The summed E-state index contributed by atoms with van der Waals surface area (Å²) in [4.78, 5) is 10.5. The number of carboxylic acid groups (broad SMARTS) is 1. The molecule has 1 heterocycles. The van der Waals surface area contributed by atoms with E-state index in [1.807, 2.05) is 0 Å². The van der Waals surface area contributed by atoms with Gasteiger partial charge in [0.25, 0.3) is 0 Å². The second-order valence-corrected chi connectivity index (χ2v) is 4.64. The molecule has 0 radical (unpaired) electrons. The number of aryl methyl sites for hydroxylation is 1. The lowest BCUT2D eigenvalue weighted by molar-refractivity contribution is -0.137. The molecule has 0 spiro atoms. The van der Waals surface area contributed by atoms with Crippen molar-refractivity contribution in [1.29, 1.82) is 0 Å². The van der Waals surface area contributed by atoms with Gasteiger partial charge in [0.05, 0.1) is 6.42 Å². The summed E-state index contributed by atoms with van der Waals surface area (Å²) in [5.41, 5.74) is 0.734. The van der Waals surface area contributed by atoms with Crippen LogP contribution >= 0.6 is 15.9 Å². The average Bonchev–Trinajstić information content (AvgIpc) is 2.75. The van der Waals surface area contributed by atoms with Gasteiger partial charge in [0.1, 0.15) is 17.3 Å². The van der Waals surface area contributed by atoms with Crippen molar-refractivity contribution in [2.45, 2.75) is 12.8 Å². The number of rotatable bonds is 4. The third-order valence-electron chi connectivity index (χ3n) is 2.44. The molecule has 0 aliphatic rings. The predicted octanol–water partition coefficient (Wildman–Crippen LogP) is 3.87. The topological polar surface area (TPSA) is 50.4 Å². The first-order valence-corrected chi connectivity index (χ1v) is 6.11. The number of halogens is 2. The fraction of sp³-hybridized carbons (Fsp3) is 0.154. The standard InChI is InChI=1S/C13H10BrFO3/c14-11-7-8(15)1-4-10(11)12-5-2-9(18-12)3-6-13(16)17/h1-2,4-5,7H,3,6H2,(H,16,17). The molecule has 1 aromatic carbocycles. The van der Waals surface area contributed by atoms with E-state index in [9.17, 15) is 9.18 Å². The number of carboxylic acids is 1. The van der Waals surface area contributed by atoms with Gasteiger partial charge in [-0.1, -0.05) is 0 Å². The molecule has 2 aromatic rings. The molecule has 1 N–H and O–H groups in total. The van der Waals surface area contributed by atoms with Crippen molar-refractivity contribution in [2.75, 3.05) is 0 Å².